The molecule has 4 rings (SSSR count). The smallest absolute Gasteiger partial charge is 0.267 e. The molecule has 30 heavy (non-hydrogen) atoms. The molecule has 0 aliphatic heterocycles. The third-order valence-corrected chi connectivity index (χ3v) is 5.74. The van der Waals surface area contributed by atoms with Gasteiger partial charge in [0.15, 0.2) is 17.0 Å². The SMILES string of the molecule is O=Cc1ccccc1-c1cnc(NC(=O)C(O)(c2ccccc2)c2ccccc2)s1. The average Bonchev–Trinajstić information content (AvgIpc) is 3.27. The van der Waals surface area contributed by atoms with Gasteiger partial charge in [0.25, 0.3) is 5.91 Å². The number of rotatable bonds is 6. The van der Waals surface area contributed by atoms with Crippen LogP contribution in [0.15, 0.2) is 91.1 Å². The van der Waals surface area contributed by atoms with Crippen molar-refractivity contribution in [3.05, 3.63) is 108 Å². The van der Waals surface area contributed by atoms with Crippen LogP contribution in [0, 0.1) is 0 Å². The van der Waals surface area contributed by atoms with Gasteiger partial charge in [0.2, 0.25) is 0 Å². The Morgan fingerprint density at radius 1 is 0.900 bits per heavy atom. The summed E-state index contributed by atoms with van der Waals surface area (Å²) in [4.78, 5) is 29.6. The first kappa shape index (κ1) is 19.7. The van der Waals surface area contributed by atoms with Gasteiger partial charge in [-0.2, -0.15) is 0 Å². The molecular formula is C24H18N2O3S. The number of thiazole rings is 1. The number of amides is 1. The zero-order chi connectivity index (χ0) is 21.0. The average molecular weight is 414 g/mol. The fraction of sp³-hybridized carbons (Fsp3) is 0.0417. The van der Waals surface area contributed by atoms with E-state index >= 15 is 0 Å². The summed E-state index contributed by atoms with van der Waals surface area (Å²) < 4.78 is 0. The third kappa shape index (κ3) is 3.66. The highest BCUT2D eigenvalue weighted by Crippen LogP contribution is 2.34. The first-order chi connectivity index (χ1) is 14.6. The molecular weight excluding hydrogens is 396 g/mol. The zero-order valence-corrected chi connectivity index (χ0v) is 16.7. The number of anilines is 1. The lowest BCUT2D eigenvalue weighted by Crippen LogP contribution is -2.41. The molecule has 1 amide bonds. The second kappa shape index (κ2) is 8.41. The molecule has 0 radical (unpaired) electrons. The van der Waals surface area contributed by atoms with E-state index in [1.54, 1.807) is 66.9 Å². The van der Waals surface area contributed by atoms with Crippen LogP contribution in [0.3, 0.4) is 0 Å². The molecule has 2 N–H and O–H groups in total. The Bertz CT molecular complexity index is 1130. The highest BCUT2D eigenvalue weighted by molar-refractivity contribution is 7.19. The van der Waals surface area contributed by atoms with Gasteiger partial charge < -0.3 is 5.11 Å². The van der Waals surface area contributed by atoms with E-state index in [9.17, 15) is 14.7 Å². The first-order valence-electron chi connectivity index (χ1n) is 9.28. The summed E-state index contributed by atoms with van der Waals surface area (Å²) in [6.45, 7) is 0. The molecule has 4 aromatic rings. The van der Waals surface area contributed by atoms with Crippen molar-refractivity contribution in [3.63, 3.8) is 0 Å². The van der Waals surface area contributed by atoms with Crippen molar-refractivity contribution in [1.29, 1.82) is 0 Å². The molecule has 0 unspecified atom stereocenters. The molecule has 0 saturated heterocycles. The van der Waals surface area contributed by atoms with Crippen molar-refractivity contribution in [2.75, 3.05) is 5.32 Å². The molecule has 0 aliphatic rings. The Morgan fingerprint density at radius 2 is 1.47 bits per heavy atom. The molecule has 1 aromatic heterocycles. The Kier molecular flexibility index (Phi) is 5.52. The van der Waals surface area contributed by atoms with Crippen molar-refractivity contribution in [3.8, 4) is 10.4 Å². The molecule has 0 saturated carbocycles. The molecule has 0 atom stereocenters. The number of aliphatic hydroxyl groups is 1. The second-order valence-corrected chi connectivity index (χ2v) is 7.66. The first-order valence-corrected chi connectivity index (χ1v) is 10.1. The third-order valence-electron chi connectivity index (χ3n) is 4.79. The van der Waals surface area contributed by atoms with Gasteiger partial charge in [0, 0.05) is 17.3 Å². The summed E-state index contributed by atoms with van der Waals surface area (Å²) in [5.74, 6) is -0.607. The van der Waals surface area contributed by atoms with Gasteiger partial charge in [-0.3, -0.25) is 14.9 Å². The largest absolute Gasteiger partial charge is 0.372 e. The van der Waals surface area contributed by atoms with Crippen LogP contribution in [0.2, 0.25) is 0 Å². The molecule has 0 bridgehead atoms. The van der Waals surface area contributed by atoms with Crippen LogP contribution in [0.4, 0.5) is 5.13 Å². The molecule has 148 valence electrons. The lowest BCUT2D eigenvalue weighted by atomic mass is 9.85. The fourth-order valence-electron chi connectivity index (χ4n) is 3.26. The number of hydrogen-bond donors (Lipinski definition) is 2. The number of benzene rings is 3. The maximum Gasteiger partial charge on any atom is 0.267 e. The van der Waals surface area contributed by atoms with E-state index in [1.807, 2.05) is 24.3 Å². The highest BCUT2D eigenvalue weighted by Gasteiger charge is 2.40. The number of aldehydes is 1. The van der Waals surface area contributed by atoms with E-state index in [1.165, 1.54) is 11.3 Å². The van der Waals surface area contributed by atoms with Gasteiger partial charge in [0.05, 0.1) is 4.88 Å². The van der Waals surface area contributed by atoms with Crippen molar-refractivity contribution in [1.82, 2.24) is 4.98 Å². The highest BCUT2D eigenvalue weighted by atomic mass is 32.1. The monoisotopic (exact) mass is 414 g/mol. The predicted molar refractivity (Wildman–Crippen MR) is 117 cm³/mol. The van der Waals surface area contributed by atoms with E-state index in [4.69, 9.17) is 0 Å². The molecule has 6 heteroatoms. The number of nitrogens with zero attached hydrogens (tertiary/aromatic N) is 1. The molecule has 1 heterocycles. The number of aromatic nitrogens is 1. The summed E-state index contributed by atoms with van der Waals surface area (Å²) in [5, 5.41) is 14.6. The van der Waals surface area contributed by atoms with Crippen LogP contribution in [-0.2, 0) is 10.4 Å². The minimum absolute atomic E-state index is 0.334. The van der Waals surface area contributed by atoms with E-state index in [-0.39, 0.29) is 0 Å². The number of carbonyl (C=O) groups is 2. The maximum atomic E-state index is 13.3. The lowest BCUT2D eigenvalue weighted by molar-refractivity contribution is -0.131. The number of nitrogens with one attached hydrogen (secondary N) is 1. The van der Waals surface area contributed by atoms with Gasteiger partial charge in [0.1, 0.15) is 0 Å². The topological polar surface area (TPSA) is 79.3 Å². The Morgan fingerprint density at radius 3 is 2.07 bits per heavy atom. The van der Waals surface area contributed by atoms with E-state index < -0.39 is 11.5 Å². The van der Waals surface area contributed by atoms with Gasteiger partial charge >= 0.3 is 0 Å². The Balaban J connectivity index is 1.68. The van der Waals surface area contributed by atoms with Crippen molar-refractivity contribution in [2.24, 2.45) is 0 Å². The number of hydrogen-bond acceptors (Lipinski definition) is 5. The van der Waals surface area contributed by atoms with Crippen LogP contribution in [0.1, 0.15) is 21.5 Å². The quantitative estimate of drug-likeness (QED) is 0.456. The Labute approximate surface area is 177 Å². The maximum absolute atomic E-state index is 13.3. The van der Waals surface area contributed by atoms with E-state index in [0.717, 1.165) is 16.7 Å². The molecule has 5 nitrogen and oxygen atoms in total. The standard InChI is InChI=1S/C24H18N2O3S/c27-16-17-9-7-8-14-20(17)21-15-25-23(30-21)26-22(28)24(29,18-10-3-1-4-11-18)19-12-5-2-6-13-19/h1-16,29H,(H,25,26,28). The minimum atomic E-state index is -1.88. The summed E-state index contributed by atoms with van der Waals surface area (Å²) in [6, 6.07) is 24.7. The summed E-state index contributed by atoms with van der Waals surface area (Å²) in [7, 11) is 0. The van der Waals surface area contributed by atoms with Gasteiger partial charge in [-0.15, -0.1) is 0 Å². The van der Waals surface area contributed by atoms with Gasteiger partial charge in [-0.05, 0) is 11.1 Å². The lowest BCUT2D eigenvalue weighted by Gasteiger charge is -2.27. The van der Waals surface area contributed by atoms with E-state index in [0.29, 0.717) is 21.8 Å². The molecule has 0 aliphatic carbocycles. The van der Waals surface area contributed by atoms with Crippen molar-refractivity contribution < 1.29 is 14.7 Å². The van der Waals surface area contributed by atoms with Crippen LogP contribution >= 0.6 is 11.3 Å². The zero-order valence-electron chi connectivity index (χ0n) is 15.9. The van der Waals surface area contributed by atoms with Crippen LogP contribution in [-0.4, -0.2) is 22.3 Å². The van der Waals surface area contributed by atoms with E-state index in [2.05, 4.69) is 10.3 Å². The van der Waals surface area contributed by atoms with Crippen LogP contribution in [0.25, 0.3) is 10.4 Å². The Hall–Kier alpha value is -3.61. The van der Waals surface area contributed by atoms with Gasteiger partial charge in [-0.25, -0.2) is 4.98 Å². The fourth-order valence-corrected chi connectivity index (χ4v) is 4.11. The van der Waals surface area contributed by atoms with Crippen molar-refractivity contribution >= 4 is 28.7 Å². The normalized spacial score (nSPS) is 11.1. The van der Waals surface area contributed by atoms with Crippen LogP contribution in [0.5, 0.6) is 0 Å². The van der Waals surface area contributed by atoms with Gasteiger partial charge in [-0.1, -0.05) is 96.3 Å². The minimum Gasteiger partial charge on any atom is -0.372 e. The second-order valence-electron chi connectivity index (χ2n) is 6.63. The molecule has 0 fully saturated rings. The summed E-state index contributed by atoms with van der Waals surface area (Å²) in [6.07, 6.45) is 2.39. The van der Waals surface area contributed by atoms with Crippen molar-refractivity contribution in [2.45, 2.75) is 5.60 Å². The predicted octanol–water partition coefficient (Wildman–Crippen LogP) is 4.50. The summed E-state index contributed by atoms with van der Waals surface area (Å²) in [5.41, 5.74) is 0.319. The number of carbonyl (C=O) groups excluding carboxylic acids is 2. The molecule has 0 spiro atoms. The molecule has 3 aromatic carbocycles. The van der Waals surface area contributed by atoms with Crippen LogP contribution < -0.4 is 5.32 Å². The summed E-state index contributed by atoms with van der Waals surface area (Å²) >= 11 is 1.24.